The maximum Gasteiger partial charge on any atom is 0.127 e. The lowest BCUT2D eigenvalue weighted by atomic mass is 10.2. The molecule has 0 spiro atoms. The summed E-state index contributed by atoms with van der Waals surface area (Å²) in [4.78, 5) is 0. The average Bonchev–Trinajstić information content (AvgIpc) is 2.06. The Morgan fingerprint density at radius 3 is 2.91 bits per heavy atom. The molecule has 0 unspecified atom stereocenters. The first-order valence-electron chi connectivity index (χ1n) is 4.00. The zero-order valence-electron chi connectivity index (χ0n) is 7.05. The average molecular weight is 149 g/mol. The number of ether oxygens (including phenoxy) is 1. The molecular formula is C10H13O. The topological polar surface area (TPSA) is 9.23 Å². The third-order valence-corrected chi connectivity index (χ3v) is 1.55. The van der Waals surface area contributed by atoms with Gasteiger partial charge in [0.2, 0.25) is 0 Å². The van der Waals surface area contributed by atoms with E-state index < -0.39 is 0 Å². The summed E-state index contributed by atoms with van der Waals surface area (Å²) in [5.74, 6) is 0.854. The van der Waals surface area contributed by atoms with E-state index in [0.29, 0.717) is 6.61 Å². The molecule has 0 heterocycles. The van der Waals surface area contributed by atoms with Crippen LogP contribution in [-0.2, 0) is 6.42 Å². The van der Waals surface area contributed by atoms with E-state index in [2.05, 4.69) is 19.1 Å². The predicted molar refractivity (Wildman–Crippen MR) is 45.8 cm³/mol. The molecule has 0 aliphatic rings. The third-order valence-electron chi connectivity index (χ3n) is 1.55. The first-order chi connectivity index (χ1) is 5.36. The molecule has 0 fully saturated rings. The van der Waals surface area contributed by atoms with Crippen LogP contribution in [0.1, 0.15) is 19.4 Å². The SMILES string of the molecule is CCOc1[c]ccc(CC)c1. The molecule has 0 aromatic heterocycles. The summed E-state index contributed by atoms with van der Waals surface area (Å²) in [7, 11) is 0. The van der Waals surface area contributed by atoms with E-state index in [1.54, 1.807) is 0 Å². The van der Waals surface area contributed by atoms with Crippen LogP contribution in [0.25, 0.3) is 0 Å². The number of hydrogen-bond acceptors (Lipinski definition) is 1. The third kappa shape index (κ3) is 2.26. The molecule has 0 bridgehead atoms. The van der Waals surface area contributed by atoms with Crippen molar-refractivity contribution in [3.63, 3.8) is 0 Å². The fourth-order valence-corrected chi connectivity index (χ4v) is 0.948. The van der Waals surface area contributed by atoms with Crippen LogP contribution in [0.4, 0.5) is 0 Å². The van der Waals surface area contributed by atoms with Crippen molar-refractivity contribution in [2.24, 2.45) is 0 Å². The fraction of sp³-hybridized carbons (Fsp3) is 0.400. The van der Waals surface area contributed by atoms with Crippen molar-refractivity contribution < 1.29 is 4.74 Å². The summed E-state index contributed by atoms with van der Waals surface area (Å²) in [6.45, 7) is 4.82. The summed E-state index contributed by atoms with van der Waals surface area (Å²) in [6.07, 6.45) is 1.05. The zero-order chi connectivity index (χ0) is 8.10. The summed E-state index contributed by atoms with van der Waals surface area (Å²) in [6, 6.07) is 9.02. The number of hydrogen-bond donors (Lipinski definition) is 0. The smallest absolute Gasteiger partial charge is 0.127 e. The molecule has 11 heavy (non-hydrogen) atoms. The van der Waals surface area contributed by atoms with E-state index in [9.17, 15) is 0 Å². The first-order valence-corrected chi connectivity index (χ1v) is 4.00. The molecule has 1 aromatic carbocycles. The van der Waals surface area contributed by atoms with Crippen LogP contribution in [0, 0.1) is 6.07 Å². The second kappa shape index (κ2) is 4.02. The Balaban J connectivity index is 2.74. The molecule has 0 N–H and O–H groups in total. The van der Waals surface area contributed by atoms with Crippen molar-refractivity contribution >= 4 is 0 Å². The molecule has 0 atom stereocenters. The van der Waals surface area contributed by atoms with Crippen LogP contribution in [0.2, 0.25) is 0 Å². The van der Waals surface area contributed by atoms with Crippen LogP contribution in [0.3, 0.4) is 0 Å². The van der Waals surface area contributed by atoms with Crippen LogP contribution in [0.15, 0.2) is 18.2 Å². The molecular weight excluding hydrogens is 136 g/mol. The second-order valence-electron chi connectivity index (χ2n) is 2.35. The van der Waals surface area contributed by atoms with Crippen LogP contribution >= 0.6 is 0 Å². The normalized spacial score (nSPS) is 9.64. The van der Waals surface area contributed by atoms with Gasteiger partial charge in [0, 0.05) is 6.07 Å². The van der Waals surface area contributed by atoms with Gasteiger partial charge in [-0.25, -0.2) is 0 Å². The lowest BCUT2D eigenvalue weighted by Gasteiger charge is -2.02. The molecule has 1 nitrogen and oxygen atoms in total. The maximum absolute atomic E-state index is 5.29. The highest BCUT2D eigenvalue weighted by Gasteiger charge is 1.92. The van der Waals surface area contributed by atoms with Crippen molar-refractivity contribution in [1.29, 1.82) is 0 Å². The monoisotopic (exact) mass is 149 g/mol. The van der Waals surface area contributed by atoms with Gasteiger partial charge in [-0.3, -0.25) is 0 Å². The molecule has 0 saturated heterocycles. The molecule has 1 radical (unpaired) electrons. The van der Waals surface area contributed by atoms with Gasteiger partial charge < -0.3 is 4.74 Å². The Morgan fingerprint density at radius 2 is 2.27 bits per heavy atom. The Morgan fingerprint density at radius 1 is 1.45 bits per heavy atom. The summed E-state index contributed by atoms with van der Waals surface area (Å²) < 4.78 is 5.29. The van der Waals surface area contributed by atoms with Gasteiger partial charge in [0.1, 0.15) is 5.75 Å². The van der Waals surface area contributed by atoms with E-state index in [1.165, 1.54) is 5.56 Å². The number of aryl methyl sites for hydroxylation is 1. The van der Waals surface area contributed by atoms with Crippen LogP contribution in [0.5, 0.6) is 5.75 Å². The van der Waals surface area contributed by atoms with Gasteiger partial charge in [0.15, 0.2) is 0 Å². The Hall–Kier alpha value is -0.980. The van der Waals surface area contributed by atoms with E-state index in [-0.39, 0.29) is 0 Å². The van der Waals surface area contributed by atoms with Crippen LogP contribution < -0.4 is 4.74 Å². The van der Waals surface area contributed by atoms with Gasteiger partial charge in [-0.1, -0.05) is 19.1 Å². The van der Waals surface area contributed by atoms with Gasteiger partial charge in [-0.05, 0) is 25.0 Å². The zero-order valence-corrected chi connectivity index (χ0v) is 7.05. The fourth-order valence-electron chi connectivity index (χ4n) is 0.948. The molecule has 0 saturated carbocycles. The van der Waals surface area contributed by atoms with Crippen LogP contribution in [-0.4, -0.2) is 6.61 Å². The molecule has 1 aromatic rings. The highest BCUT2D eigenvalue weighted by Crippen LogP contribution is 2.12. The molecule has 1 rings (SSSR count). The van der Waals surface area contributed by atoms with E-state index in [1.807, 2.05) is 19.1 Å². The standard InChI is InChI=1S/C10H13O/c1-3-9-6-5-7-10(8-9)11-4-2/h5-6,8H,3-4H2,1-2H3. The molecule has 1 heteroatoms. The molecule has 59 valence electrons. The quantitative estimate of drug-likeness (QED) is 0.641. The van der Waals surface area contributed by atoms with Gasteiger partial charge in [-0.15, -0.1) is 0 Å². The van der Waals surface area contributed by atoms with Crippen molar-refractivity contribution in [3.05, 3.63) is 29.8 Å². The minimum Gasteiger partial charge on any atom is -0.493 e. The Bertz CT molecular complexity index is 218. The minimum absolute atomic E-state index is 0.712. The minimum atomic E-state index is 0.712. The molecule has 0 aliphatic carbocycles. The van der Waals surface area contributed by atoms with Gasteiger partial charge in [0.25, 0.3) is 0 Å². The van der Waals surface area contributed by atoms with Gasteiger partial charge >= 0.3 is 0 Å². The molecule has 0 amide bonds. The molecule has 0 aliphatic heterocycles. The van der Waals surface area contributed by atoms with Crippen molar-refractivity contribution in [3.8, 4) is 5.75 Å². The van der Waals surface area contributed by atoms with E-state index >= 15 is 0 Å². The van der Waals surface area contributed by atoms with Crippen molar-refractivity contribution in [2.45, 2.75) is 20.3 Å². The summed E-state index contributed by atoms with van der Waals surface area (Å²) in [5.41, 5.74) is 1.30. The largest absolute Gasteiger partial charge is 0.493 e. The number of benzene rings is 1. The summed E-state index contributed by atoms with van der Waals surface area (Å²) in [5, 5.41) is 0. The maximum atomic E-state index is 5.29. The van der Waals surface area contributed by atoms with Gasteiger partial charge in [0.05, 0.1) is 6.61 Å². The van der Waals surface area contributed by atoms with Gasteiger partial charge in [-0.2, -0.15) is 0 Å². The van der Waals surface area contributed by atoms with Crippen molar-refractivity contribution in [1.82, 2.24) is 0 Å². The number of rotatable bonds is 3. The second-order valence-corrected chi connectivity index (χ2v) is 2.35. The van der Waals surface area contributed by atoms with E-state index in [4.69, 9.17) is 4.74 Å². The highest BCUT2D eigenvalue weighted by atomic mass is 16.5. The Labute approximate surface area is 68.0 Å². The first kappa shape index (κ1) is 8.12. The lowest BCUT2D eigenvalue weighted by molar-refractivity contribution is 0.339. The Kier molecular flexibility index (Phi) is 2.96. The van der Waals surface area contributed by atoms with E-state index in [0.717, 1.165) is 12.2 Å². The van der Waals surface area contributed by atoms with Crippen molar-refractivity contribution in [2.75, 3.05) is 6.61 Å². The highest BCUT2D eigenvalue weighted by molar-refractivity contribution is 5.27. The lowest BCUT2D eigenvalue weighted by Crippen LogP contribution is -1.91. The predicted octanol–water partition coefficient (Wildman–Crippen LogP) is 2.45. The summed E-state index contributed by atoms with van der Waals surface area (Å²) >= 11 is 0.